The Balaban J connectivity index is 3.06. The highest BCUT2D eigenvalue weighted by Crippen LogP contribution is 2.27. The van der Waals surface area contributed by atoms with Crippen molar-refractivity contribution in [2.24, 2.45) is 11.1 Å². The summed E-state index contributed by atoms with van der Waals surface area (Å²) < 4.78 is 14.1. The lowest BCUT2D eigenvalue weighted by Crippen LogP contribution is -2.39. The van der Waals surface area contributed by atoms with Gasteiger partial charge in [0.1, 0.15) is 0 Å². The highest BCUT2D eigenvalue weighted by Gasteiger charge is 2.23. The van der Waals surface area contributed by atoms with E-state index in [1.165, 1.54) is 12.1 Å². The molecule has 20 heavy (non-hydrogen) atoms. The molecule has 0 aliphatic heterocycles. The third-order valence-electron chi connectivity index (χ3n) is 3.15. The first kappa shape index (κ1) is 16.4. The topological polar surface area (TPSA) is 72.4 Å². The molecule has 0 fully saturated rings. The summed E-state index contributed by atoms with van der Waals surface area (Å²) >= 11 is 0. The highest BCUT2D eigenvalue weighted by atomic mass is 19.1. The summed E-state index contributed by atoms with van der Waals surface area (Å²) in [6, 6.07) is 3.76. The minimum Gasteiger partial charge on any atom is -0.369 e. The van der Waals surface area contributed by atoms with E-state index in [9.17, 15) is 14.5 Å². The maximum absolute atomic E-state index is 14.1. The molecule has 0 aliphatic carbocycles. The first-order valence-electron chi connectivity index (χ1n) is 6.69. The van der Waals surface area contributed by atoms with Crippen LogP contribution in [0.4, 0.5) is 15.8 Å². The molecule has 0 heterocycles. The second-order valence-corrected chi connectivity index (χ2v) is 5.68. The van der Waals surface area contributed by atoms with Crippen LogP contribution in [0.5, 0.6) is 0 Å². The van der Waals surface area contributed by atoms with Crippen molar-refractivity contribution >= 4 is 11.4 Å². The van der Waals surface area contributed by atoms with Crippen LogP contribution in [-0.2, 0) is 0 Å². The molecule has 1 rings (SSSR count). The molecule has 0 aromatic heterocycles. The largest absolute Gasteiger partial charge is 0.369 e. The van der Waals surface area contributed by atoms with Gasteiger partial charge in [0.05, 0.1) is 16.7 Å². The zero-order valence-corrected chi connectivity index (χ0v) is 12.2. The highest BCUT2D eigenvalue weighted by molar-refractivity contribution is 5.52. The number of rotatable bonds is 7. The third kappa shape index (κ3) is 4.16. The summed E-state index contributed by atoms with van der Waals surface area (Å²) in [5.74, 6) is -0.569. The molecular weight excluding hydrogens is 261 g/mol. The smallest absolute Gasteiger partial charge is 0.272 e. The monoisotopic (exact) mass is 283 g/mol. The quantitative estimate of drug-likeness (QED) is 0.617. The average Bonchev–Trinajstić information content (AvgIpc) is 2.38. The Bertz CT molecular complexity index is 477. The first-order valence-corrected chi connectivity index (χ1v) is 6.69. The van der Waals surface area contributed by atoms with Gasteiger partial charge in [0.15, 0.2) is 5.82 Å². The van der Waals surface area contributed by atoms with E-state index in [0.29, 0.717) is 25.3 Å². The van der Waals surface area contributed by atoms with E-state index in [1.54, 1.807) is 0 Å². The Kier molecular flexibility index (Phi) is 5.44. The molecule has 112 valence electrons. The molecule has 5 nitrogen and oxygen atoms in total. The molecule has 0 atom stereocenters. The number of hydrogen-bond acceptors (Lipinski definition) is 4. The van der Waals surface area contributed by atoms with Crippen LogP contribution in [0.3, 0.4) is 0 Å². The standard InChI is InChI=1S/C14H22FN3O2/c1-4-7-17(10-14(2,3)9-16)13-6-5-11(18(19)20)8-12(13)15/h5-6,8H,4,7,9-10,16H2,1-3H3. The summed E-state index contributed by atoms with van der Waals surface area (Å²) in [6.45, 7) is 7.80. The molecule has 0 bridgehead atoms. The number of non-ortho nitro benzene ring substituents is 1. The molecular formula is C14H22FN3O2. The van der Waals surface area contributed by atoms with Crippen LogP contribution in [-0.4, -0.2) is 24.6 Å². The van der Waals surface area contributed by atoms with Crippen LogP contribution in [0.15, 0.2) is 18.2 Å². The summed E-state index contributed by atoms with van der Waals surface area (Å²) in [5, 5.41) is 10.6. The molecule has 0 saturated heterocycles. The fourth-order valence-corrected chi connectivity index (χ4v) is 2.00. The van der Waals surface area contributed by atoms with Gasteiger partial charge in [-0.15, -0.1) is 0 Å². The van der Waals surface area contributed by atoms with E-state index in [-0.39, 0.29) is 11.1 Å². The number of hydrogen-bond donors (Lipinski definition) is 1. The minimum absolute atomic E-state index is 0.149. The Morgan fingerprint density at radius 2 is 2.10 bits per heavy atom. The third-order valence-corrected chi connectivity index (χ3v) is 3.15. The Labute approximate surface area is 118 Å². The molecule has 0 radical (unpaired) electrons. The predicted octanol–water partition coefficient (Wildman–Crippen LogP) is 2.94. The number of benzene rings is 1. The van der Waals surface area contributed by atoms with Gasteiger partial charge in [-0.3, -0.25) is 10.1 Å². The van der Waals surface area contributed by atoms with Crippen LogP contribution in [0.2, 0.25) is 0 Å². The average molecular weight is 283 g/mol. The Morgan fingerprint density at radius 1 is 1.45 bits per heavy atom. The van der Waals surface area contributed by atoms with Gasteiger partial charge in [-0.25, -0.2) is 4.39 Å². The molecule has 0 unspecified atom stereocenters. The SMILES string of the molecule is CCCN(CC(C)(C)CN)c1ccc([N+](=O)[O-])cc1F. The lowest BCUT2D eigenvalue weighted by atomic mass is 9.92. The molecule has 0 saturated carbocycles. The second kappa shape index (κ2) is 6.65. The zero-order valence-electron chi connectivity index (χ0n) is 12.2. The number of nitrogens with two attached hydrogens (primary N) is 1. The first-order chi connectivity index (χ1) is 9.30. The van der Waals surface area contributed by atoms with Crippen molar-refractivity contribution in [3.63, 3.8) is 0 Å². The van der Waals surface area contributed by atoms with Gasteiger partial charge >= 0.3 is 0 Å². The molecule has 2 N–H and O–H groups in total. The van der Waals surface area contributed by atoms with Crippen LogP contribution in [0, 0.1) is 21.3 Å². The van der Waals surface area contributed by atoms with Crippen molar-refractivity contribution in [3.05, 3.63) is 34.1 Å². The summed E-state index contributed by atoms with van der Waals surface area (Å²) in [6.07, 6.45) is 0.858. The van der Waals surface area contributed by atoms with E-state index >= 15 is 0 Å². The number of nitro benzene ring substituents is 1. The lowest BCUT2D eigenvalue weighted by Gasteiger charge is -2.33. The van der Waals surface area contributed by atoms with Gasteiger partial charge in [0, 0.05) is 19.2 Å². The summed E-state index contributed by atoms with van der Waals surface area (Å²) in [5.41, 5.74) is 5.72. The van der Waals surface area contributed by atoms with E-state index in [4.69, 9.17) is 5.73 Å². The van der Waals surface area contributed by atoms with Crippen LogP contribution in [0.25, 0.3) is 0 Å². The van der Waals surface area contributed by atoms with Gasteiger partial charge in [0.2, 0.25) is 0 Å². The predicted molar refractivity (Wildman–Crippen MR) is 78.4 cm³/mol. The maximum Gasteiger partial charge on any atom is 0.272 e. The van der Waals surface area contributed by atoms with Crippen LogP contribution in [0.1, 0.15) is 27.2 Å². The normalized spacial score (nSPS) is 11.4. The van der Waals surface area contributed by atoms with Crippen molar-refractivity contribution in [2.45, 2.75) is 27.2 Å². The summed E-state index contributed by atoms with van der Waals surface area (Å²) in [7, 11) is 0. The zero-order chi connectivity index (χ0) is 15.3. The van der Waals surface area contributed by atoms with E-state index < -0.39 is 10.7 Å². The molecule has 6 heteroatoms. The van der Waals surface area contributed by atoms with Gasteiger partial charge in [0.25, 0.3) is 5.69 Å². The van der Waals surface area contributed by atoms with Crippen molar-refractivity contribution in [1.82, 2.24) is 0 Å². The van der Waals surface area contributed by atoms with Gasteiger partial charge in [-0.05, 0) is 24.4 Å². The Morgan fingerprint density at radius 3 is 2.55 bits per heavy atom. The van der Waals surface area contributed by atoms with Crippen LogP contribution < -0.4 is 10.6 Å². The van der Waals surface area contributed by atoms with Crippen molar-refractivity contribution in [1.29, 1.82) is 0 Å². The Hall–Kier alpha value is -1.69. The lowest BCUT2D eigenvalue weighted by molar-refractivity contribution is -0.385. The summed E-state index contributed by atoms with van der Waals surface area (Å²) in [4.78, 5) is 11.9. The fourth-order valence-electron chi connectivity index (χ4n) is 2.00. The molecule has 0 spiro atoms. The van der Waals surface area contributed by atoms with E-state index in [2.05, 4.69) is 0 Å². The maximum atomic E-state index is 14.1. The van der Waals surface area contributed by atoms with Crippen molar-refractivity contribution in [2.75, 3.05) is 24.5 Å². The van der Waals surface area contributed by atoms with Gasteiger partial charge < -0.3 is 10.6 Å². The number of anilines is 1. The van der Waals surface area contributed by atoms with Crippen molar-refractivity contribution in [3.8, 4) is 0 Å². The van der Waals surface area contributed by atoms with Crippen molar-refractivity contribution < 1.29 is 9.31 Å². The molecule has 0 amide bonds. The fraction of sp³-hybridized carbons (Fsp3) is 0.571. The number of nitro groups is 1. The minimum atomic E-state index is -0.596. The van der Waals surface area contributed by atoms with E-state index in [0.717, 1.165) is 12.5 Å². The molecule has 0 aliphatic rings. The van der Waals surface area contributed by atoms with E-state index in [1.807, 2.05) is 25.7 Å². The van der Waals surface area contributed by atoms with Gasteiger partial charge in [-0.1, -0.05) is 20.8 Å². The van der Waals surface area contributed by atoms with Gasteiger partial charge in [-0.2, -0.15) is 0 Å². The number of nitrogens with zero attached hydrogens (tertiary/aromatic N) is 2. The number of halogens is 1. The molecule has 1 aromatic carbocycles. The van der Waals surface area contributed by atoms with Crippen LogP contribution >= 0.6 is 0 Å². The molecule has 1 aromatic rings. The second-order valence-electron chi connectivity index (χ2n) is 5.68.